The maximum absolute atomic E-state index is 13.3. The quantitative estimate of drug-likeness (QED) is 0.847. The molecule has 0 fully saturated rings. The van der Waals surface area contributed by atoms with Crippen molar-refractivity contribution in [3.8, 4) is 0 Å². The number of amides is 1. The Balaban J connectivity index is 3.00. The average Bonchev–Trinajstić information content (AvgIpc) is 2.38. The minimum Gasteiger partial charge on any atom is -0.324 e. The molecule has 0 aliphatic heterocycles. The number of nitrogens with one attached hydrogen (secondary N) is 2. The van der Waals surface area contributed by atoms with Gasteiger partial charge in [-0.05, 0) is 18.1 Å². The smallest absolute Gasteiger partial charge is 0.229 e. The molecule has 0 saturated carbocycles. The minimum absolute atomic E-state index is 0.0159. The number of benzene rings is 1. The van der Waals surface area contributed by atoms with E-state index in [0.29, 0.717) is 0 Å². The number of rotatable bonds is 6. The highest BCUT2D eigenvalue weighted by Crippen LogP contribution is 2.25. The number of carbonyl (C=O) groups excluding carboxylic acids is 1. The lowest BCUT2D eigenvalue weighted by Gasteiger charge is -2.19. The summed E-state index contributed by atoms with van der Waals surface area (Å²) in [5, 5.41) is 2.64. The molecule has 1 aromatic carbocycles. The number of hydrogen-bond acceptors (Lipinski definition) is 3. The maximum atomic E-state index is 13.3. The fourth-order valence-corrected chi connectivity index (χ4v) is 2.34. The molecule has 2 N–H and O–H groups in total. The maximum Gasteiger partial charge on any atom is 0.229 e. The van der Waals surface area contributed by atoms with Crippen LogP contribution in [0.25, 0.3) is 0 Å². The first-order valence-corrected chi connectivity index (χ1v) is 8.61. The molecule has 0 saturated heterocycles. The van der Waals surface area contributed by atoms with E-state index < -0.39 is 15.8 Å². The second kappa shape index (κ2) is 6.89. The van der Waals surface area contributed by atoms with E-state index in [-0.39, 0.29) is 29.1 Å². The van der Waals surface area contributed by atoms with Crippen LogP contribution in [0.5, 0.6) is 0 Å². The summed E-state index contributed by atoms with van der Waals surface area (Å²) in [6, 6.07) is 3.53. The largest absolute Gasteiger partial charge is 0.324 e. The first-order chi connectivity index (χ1) is 9.64. The molecule has 0 radical (unpaired) electrons. The van der Waals surface area contributed by atoms with E-state index in [4.69, 9.17) is 0 Å². The number of sulfonamides is 1. The van der Waals surface area contributed by atoms with Gasteiger partial charge in [-0.15, -0.1) is 0 Å². The van der Waals surface area contributed by atoms with E-state index in [0.717, 1.165) is 24.8 Å². The van der Waals surface area contributed by atoms with Gasteiger partial charge in [0.25, 0.3) is 0 Å². The van der Waals surface area contributed by atoms with Crippen molar-refractivity contribution in [1.82, 2.24) is 0 Å². The molecular formula is C14H21FN2O3S. The zero-order valence-electron chi connectivity index (χ0n) is 12.6. The van der Waals surface area contributed by atoms with Gasteiger partial charge in [0.15, 0.2) is 0 Å². The van der Waals surface area contributed by atoms with Crippen LogP contribution >= 0.6 is 0 Å². The third kappa shape index (κ3) is 5.34. The zero-order chi connectivity index (χ0) is 16.2. The van der Waals surface area contributed by atoms with Crippen molar-refractivity contribution in [2.45, 2.75) is 27.2 Å². The third-order valence-electron chi connectivity index (χ3n) is 3.45. The lowest BCUT2D eigenvalue weighted by Crippen LogP contribution is -2.26. The molecule has 0 spiro atoms. The van der Waals surface area contributed by atoms with Gasteiger partial charge in [0.05, 0.1) is 17.6 Å². The molecule has 5 nitrogen and oxygen atoms in total. The van der Waals surface area contributed by atoms with E-state index in [9.17, 15) is 17.6 Å². The van der Waals surface area contributed by atoms with E-state index in [1.54, 1.807) is 6.92 Å². The van der Waals surface area contributed by atoms with Gasteiger partial charge in [0, 0.05) is 12.0 Å². The number of halogens is 1. The zero-order valence-corrected chi connectivity index (χ0v) is 13.4. The van der Waals surface area contributed by atoms with Crippen LogP contribution in [0.15, 0.2) is 18.2 Å². The summed E-state index contributed by atoms with van der Waals surface area (Å²) in [5.41, 5.74) is 0.254. The highest BCUT2D eigenvalue weighted by Gasteiger charge is 2.20. The van der Waals surface area contributed by atoms with Crippen LogP contribution < -0.4 is 10.0 Å². The van der Waals surface area contributed by atoms with E-state index in [1.165, 1.54) is 6.07 Å². The molecule has 0 bridgehead atoms. The van der Waals surface area contributed by atoms with Gasteiger partial charge in [-0.2, -0.15) is 0 Å². The van der Waals surface area contributed by atoms with Crippen molar-refractivity contribution < 1.29 is 17.6 Å². The standard InChI is InChI=1S/C14H21FN2O3S/c1-5-9(2)10(3)14(18)16-12-7-6-11(15)8-13(12)17-21(4,19)20/h6-10,17H,5H2,1-4H3,(H,16,18)/t9-,10+/m1/s1. The van der Waals surface area contributed by atoms with Crippen molar-refractivity contribution in [2.75, 3.05) is 16.3 Å². The van der Waals surface area contributed by atoms with Crippen LogP contribution in [0.4, 0.5) is 15.8 Å². The van der Waals surface area contributed by atoms with Gasteiger partial charge in [-0.25, -0.2) is 12.8 Å². The number of anilines is 2. The van der Waals surface area contributed by atoms with Crippen LogP contribution in [0.2, 0.25) is 0 Å². The Labute approximate surface area is 125 Å². The van der Waals surface area contributed by atoms with E-state index in [1.807, 2.05) is 13.8 Å². The summed E-state index contributed by atoms with van der Waals surface area (Å²) in [5.74, 6) is -0.857. The van der Waals surface area contributed by atoms with Crippen LogP contribution in [0.1, 0.15) is 27.2 Å². The number of hydrogen-bond donors (Lipinski definition) is 2. The molecule has 21 heavy (non-hydrogen) atoms. The Morgan fingerprint density at radius 3 is 2.43 bits per heavy atom. The van der Waals surface area contributed by atoms with Crippen LogP contribution in [0, 0.1) is 17.7 Å². The molecule has 0 aliphatic carbocycles. The van der Waals surface area contributed by atoms with Gasteiger partial charge in [0.1, 0.15) is 5.82 Å². The van der Waals surface area contributed by atoms with Crippen LogP contribution in [0.3, 0.4) is 0 Å². The Kier molecular flexibility index (Phi) is 5.71. The summed E-state index contributed by atoms with van der Waals surface area (Å²) in [6.45, 7) is 5.75. The van der Waals surface area contributed by atoms with Gasteiger partial charge < -0.3 is 5.32 Å². The Morgan fingerprint density at radius 2 is 1.90 bits per heavy atom. The van der Waals surface area contributed by atoms with Crippen LogP contribution in [-0.2, 0) is 14.8 Å². The second-order valence-corrected chi connectivity index (χ2v) is 6.98. The SMILES string of the molecule is CC[C@@H](C)[C@H](C)C(=O)Nc1ccc(F)cc1NS(C)(=O)=O. The van der Waals surface area contributed by atoms with Crippen molar-refractivity contribution in [3.63, 3.8) is 0 Å². The highest BCUT2D eigenvalue weighted by molar-refractivity contribution is 7.92. The Bertz CT molecular complexity index is 617. The minimum atomic E-state index is -3.56. The van der Waals surface area contributed by atoms with Gasteiger partial charge in [-0.3, -0.25) is 9.52 Å². The first-order valence-electron chi connectivity index (χ1n) is 6.72. The normalized spacial score (nSPS) is 14.3. The van der Waals surface area contributed by atoms with E-state index >= 15 is 0 Å². The lowest BCUT2D eigenvalue weighted by atomic mass is 9.93. The van der Waals surface area contributed by atoms with Crippen LogP contribution in [-0.4, -0.2) is 20.6 Å². The van der Waals surface area contributed by atoms with Crippen molar-refractivity contribution in [1.29, 1.82) is 0 Å². The molecule has 118 valence electrons. The van der Waals surface area contributed by atoms with E-state index in [2.05, 4.69) is 10.0 Å². The summed E-state index contributed by atoms with van der Waals surface area (Å²) >= 11 is 0. The molecule has 0 aliphatic rings. The fourth-order valence-electron chi connectivity index (χ4n) is 1.77. The molecule has 2 atom stereocenters. The first kappa shape index (κ1) is 17.4. The predicted octanol–water partition coefficient (Wildman–Crippen LogP) is 2.82. The summed E-state index contributed by atoms with van der Waals surface area (Å²) in [7, 11) is -3.56. The molecule has 0 heterocycles. The topological polar surface area (TPSA) is 75.3 Å². The molecular weight excluding hydrogens is 295 g/mol. The molecule has 0 unspecified atom stereocenters. The molecule has 7 heteroatoms. The van der Waals surface area contributed by atoms with Crippen molar-refractivity contribution >= 4 is 27.3 Å². The summed E-state index contributed by atoms with van der Waals surface area (Å²) in [6.07, 6.45) is 1.82. The summed E-state index contributed by atoms with van der Waals surface area (Å²) < 4.78 is 38.0. The van der Waals surface area contributed by atoms with Gasteiger partial charge in [-0.1, -0.05) is 27.2 Å². The van der Waals surface area contributed by atoms with Gasteiger partial charge in [0.2, 0.25) is 15.9 Å². The highest BCUT2D eigenvalue weighted by atomic mass is 32.2. The van der Waals surface area contributed by atoms with Gasteiger partial charge >= 0.3 is 0 Å². The Hall–Kier alpha value is -1.63. The number of carbonyl (C=O) groups is 1. The fraction of sp³-hybridized carbons (Fsp3) is 0.500. The third-order valence-corrected chi connectivity index (χ3v) is 4.04. The predicted molar refractivity (Wildman–Crippen MR) is 82.1 cm³/mol. The average molecular weight is 316 g/mol. The second-order valence-electron chi connectivity index (χ2n) is 5.23. The van der Waals surface area contributed by atoms with Crippen molar-refractivity contribution in [2.24, 2.45) is 11.8 Å². The molecule has 0 aromatic heterocycles. The monoisotopic (exact) mass is 316 g/mol. The molecule has 1 amide bonds. The van der Waals surface area contributed by atoms with Crippen molar-refractivity contribution in [3.05, 3.63) is 24.0 Å². The summed E-state index contributed by atoms with van der Waals surface area (Å²) in [4.78, 5) is 12.1. The molecule has 1 rings (SSSR count). The Morgan fingerprint density at radius 1 is 1.29 bits per heavy atom. The molecule has 1 aromatic rings. The lowest BCUT2D eigenvalue weighted by molar-refractivity contribution is -0.120.